The predicted octanol–water partition coefficient (Wildman–Crippen LogP) is 4.53. The molecule has 3 rings (SSSR count). The van der Waals surface area contributed by atoms with E-state index in [0.29, 0.717) is 10.2 Å². The monoisotopic (exact) mass is 379 g/mol. The van der Waals surface area contributed by atoms with Crippen LogP contribution in [0.4, 0.5) is 10.1 Å². The van der Waals surface area contributed by atoms with E-state index >= 15 is 0 Å². The van der Waals surface area contributed by atoms with Gasteiger partial charge in [0.15, 0.2) is 0 Å². The molecular formula is C16H8BrClFNO2. The average molecular weight is 381 g/mol. The second-order valence-corrected chi connectivity index (χ2v) is 5.87. The van der Waals surface area contributed by atoms with E-state index < -0.39 is 11.6 Å². The standard InChI is InChI=1S/C16H8BrClFNO2/c17-11-7-8(19)5-6-12(11)20-14-13(18)15(21)9-3-1-2-4-10(9)16(14)22/h1-7,20H. The van der Waals surface area contributed by atoms with Crippen LogP contribution in [-0.4, -0.2) is 11.6 Å². The van der Waals surface area contributed by atoms with Gasteiger partial charge in [-0.05, 0) is 34.1 Å². The number of halogens is 3. The summed E-state index contributed by atoms with van der Waals surface area (Å²) >= 11 is 9.24. The molecule has 0 saturated heterocycles. The highest BCUT2D eigenvalue weighted by atomic mass is 79.9. The van der Waals surface area contributed by atoms with Gasteiger partial charge >= 0.3 is 0 Å². The van der Waals surface area contributed by atoms with Gasteiger partial charge in [0.25, 0.3) is 0 Å². The fourth-order valence-corrected chi connectivity index (χ4v) is 2.87. The van der Waals surface area contributed by atoms with Crippen molar-refractivity contribution < 1.29 is 14.0 Å². The Bertz CT molecular complexity index is 848. The van der Waals surface area contributed by atoms with Crippen LogP contribution in [0.3, 0.4) is 0 Å². The molecule has 0 radical (unpaired) electrons. The van der Waals surface area contributed by atoms with E-state index in [1.165, 1.54) is 18.2 Å². The van der Waals surface area contributed by atoms with Crippen molar-refractivity contribution in [3.8, 4) is 0 Å². The molecule has 110 valence electrons. The van der Waals surface area contributed by atoms with Crippen molar-refractivity contribution in [2.75, 3.05) is 5.32 Å². The second kappa shape index (κ2) is 5.66. The highest BCUT2D eigenvalue weighted by Crippen LogP contribution is 2.31. The maximum absolute atomic E-state index is 13.1. The minimum Gasteiger partial charge on any atom is -0.350 e. The Morgan fingerprint density at radius 3 is 2.27 bits per heavy atom. The molecule has 0 aliphatic heterocycles. The zero-order valence-electron chi connectivity index (χ0n) is 11.0. The molecular weight excluding hydrogens is 373 g/mol. The normalized spacial score (nSPS) is 14.1. The molecule has 0 unspecified atom stereocenters. The summed E-state index contributed by atoms with van der Waals surface area (Å²) in [6, 6.07) is 10.4. The molecule has 0 aromatic heterocycles. The first-order valence-electron chi connectivity index (χ1n) is 6.29. The van der Waals surface area contributed by atoms with E-state index in [9.17, 15) is 14.0 Å². The van der Waals surface area contributed by atoms with Crippen molar-refractivity contribution in [3.63, 3.8) is 0 Å². The first-order valence-corrected chi connectivity index (χ1v) is 7.46. The number of ketones is 2. The lowest BCUT2D eigenvalue weighted by Gasteiger charge is -2.19. The molecule has 0 heterocycles. The summed E-state index contributed by atoms with van der Waals surface area (Å²) < 4.78 is 13.5. The number of fused-ring (bicyclic) bond motifs is 1. The summed E-state index contributed by atoms with van der Waals surface area (Å²) in [5.41, 5.74) is 0.992. The lowest BCUT2D eigenvalue weighted by Crippen LogP contribution is -2.24. The quantitative estimate of drug-likeness (QED) is 0.832. The minimum atomic E-state index is -0.422. The van der Waals surface area contributed by atoms with Gasteiger partial charge in [0.2, 0.25) is 11.6 Å². The average Bonchev–Trinajstić information content (AvgIpc) is 2.51. The fourth-order valence-electron chi connectivity index (χ4n) is 2.18. The zero-order chi connectivity index (χ0) is 15.9. The third-order valence-corrected chi connectivity index (χ3v) is 4.27. The SMILES string of the molecule is O=C1C(Cl)=C(Nc2ccc(F)cc2Br)C(=O)c2ccccc21. The van der Waals surface area contributed by atoms with Crippen molar-refractivity contribution >= 4 is 44.8 Å². The largest absolute Gasteiger partial charge is 0.350 e. The predicted molar refractivity (Wildman–Crippen MR) is 85.7 cm³/mol. The number of hydrogen-bond donors (Lipinski definition) is 1. The first-order chi connectivity index (χ1) is 10.5. The van der Waals surface area contributed by atoms with Crippen LogP contribution in [-0.2, 0) is 0 Å². The summed E-state index contributed by atoms with van der Waals surface area (Å²) in [4.78, 5) is 24.8. The van der Waals surface area contributed by atoms with E-state index in [1.807, 2.05) is 0 Å². The van der Waals surface area contributed by atoms with Crippen molar-refractivity contribution in [2.45, 2.75) is 0 Å². The number of carbonyl (C=O) groups excluding carboxylic acids is 2. The van der Waals surface area contributed by atoms with Gasteiger partial charge in [0.1, 0.15) is 16.5 Å². The minimum absolute atomic E-state index is 0.0160. The molecule has 6 heteroatoms. The first kappa shape index (κ1) is 14.9. The summed E-state index contributed by atoms with van der Waals surface area (Å²) in [5, 5.41) is 2.63. The van der Waals surface area contributed by atoms with Gasteiger partial charge in [-0.25, -0.2) is 4.39 Å². The third kappa shape index (κ3) is 2.46. The Balaban J connectivity index is 2.05. The number of carbonyl (C=O) groups is 2. The Kier molecular flexibility index (Phi) is 3.85. The van der Waals surface area contributed by atoms with Crippen molar-refractivity contribution in [3.05, 3.63) is 74.6 Å². The number of Topliss-reactive ketones (excluding diaryl/α,β-unsaturated/α-hetero) is 2. The Morgan fingerprint density at radius 1 is 1.00 bits per heavy atom. The van der Waals surface area contributed by atoms with Crippen LogP contribution >= 0.6 is 27.5 Å². The summed E-state index contributed by atoms with van der Waals surface area (Å²) in [5.74, 6) is -1.22. The van der Waals surface area contributed by atoms with Crippen LogP contribution in [0.5, 0.6) is 0 Å². The van der Waals surface area contributed by atoms with Crippen LogP contribution in [0.25, 0.3) is 0 Å². The van der Waals surface area contributed by atoms with Crippen LogP contribution in [0.15, 0.2) is 57.7 Å². The van der Waals surface area contributed by atoms with E-state index in [-0.39, 0.29) is 27.6 Å². The number of hydrogen-bond acceptors (Lipinski definition) is 3. The summed E-state index contributed by atoms with van der Waals surface area (Å²) in [6.07, 6.45) is 0. The summed E-state index contributed by atoms with van der Waals surface area (Å²) in [6.45, 7) is 0. The fraction of sp³-hybridized carbons (Fsp3) is 0. The van der Waals surface area contributed by atoms with E-state index in [0.717, 1.165) is 0 Å². The van der Waals surface area contributed by atoms with Crippen molar-refractivity contribution in [1.29, 1.82) is 0 Å². The number of nitrogens with one attached hydrogen (secondary N) is 1. The smallest absolute Gasteiger partial charge is 0.211 e. The lowest BCUT2D eigenvalue weighted by atomic mass is 9.92. The maximum atomic E-state index is 13.1. The van der Waals surface area contributed by atoms with Gasteiger partial charge < -0.3 is 5.32 Å². The van der Waals surface area contributed by atoms with E-state index in [1.54, 1.807) is 24.3 Å². The van der Waals surface area contributed by atoms with Crippen LogP contribution in [0.2, 0.25) is 0 Å². The van der Waals surface area contributed by atoms with Crippen molar-refractivity contribution in [2.24, 2.45) is 0 Å². The zero-order valence-corrected chi connectivity index (χ0v) is 13.3. The molecule has 0 bridgehead atoms. The number of benzene rings is 2. The highest BCUT2D eigenvalue weighted by Gasteiger charge is 2.31. The van der Waals surface area contributed by atoms with Crippen LogP contribution in [0.1, 0.15) is 20.7 Å². The second-order valence-electron chi connectivity index (χ2n) is 4.64. The number of anilines is 1. The lowest BCUT2D eigenvalue weighted by molar-refractivity contribution is 0.0982. The molecule has 22 heavy (non-hydrogen) atoms. The van der Waals surface area contributed by atoms with Gasteiger partial charge in [-0.15, -0.1) is 0 Å². The molecule has 0 fully saturated rings. The summed E-state index contributed by atoms with van der Waals surface area (Å²) in [7, 11) is 0. The Labute approximate surface area is 138 Å². The molecule has 0 amide bonds. The highest BCUT2D eigenvalue weighted by molar-refractivity contribution is 9.10. The number of allylic oxidation sites excluding steroid dienone is 2. The molecule has 3 nitrogen and oxygen atoms in total. The maximum Gasteiger partial charge on any atom is 0.211 e. The van der Waals surface area contributed by atoms with Gasteiger partial charge in [0, 0.05) is 15.6 Å². The molecule has 1 aliphatic rings. The third-order valence-electron chi connectivity index (χ3n) is 3.25. The molecule has 1 N–H and O–H groups in total. The van der Waals surface area contributed by atoms with Crippen molar-refractivity contribution in [1.82, 2.24) is 0 Å². The van der Waals surface area contributed by atoms with Gasteiger partial charge in [-0.2, -0.15) is 0 Å². The van der Waals surface area contributed by atoms with Gasteiger partial charge in [0.05, 0.1) is 5.69 Å². The molecule has 1 aliphatic carbocycles. The van der Waals surface area contributed by atoms with E-state index in [2.05, 4.69) is 21.2 Å². The van der Waals surface area contributed by atoms with Gasteiger partial charge in [-0.3, -0.25) is 9.59 Å². The molecule has 2 aromatic rings. The molecule has 0 spiro atoms. The van der Waals surface area contributed by atoms with Gasteiger partial charge in [-0.1, -0.05) is 35.9 Å². The molecule has 0 atom stereocenters. The van der Waals surface area contributed by atoms with E-state index in [4.69, 9.17) is 11.6 Å². The topological polar surface area (TPSA) is 46.2 Å². The van der Waals surface area contributed by atoms with Crippen LogP contribution < -0.4 is 5.32 Å². The molecule has 0 saturated carbocycles. The Hall–Kier alpha value is -1.98. The molecule has 2 aromatic carbocycles. The Morgan fingerprint density at radius 2 is 1.64 bits per heavy atom. The van der Waals surface area contributed by atoms with Crippen LogP contribution in [0, 0.1) is 5.82 Å². The number of rotatable bonds is 2.